The van der Waals surface area contributed by atoms with E-state index in [4.69, 9.17) is 0 Å². The van der Waals surface area contributed by atoms with Gasteiger partial charge in [-0.3, -0.25) is 9.78 Å². The summed E-state index contributed by atoms with van der Waals surface area (Å²) in [6.45, 7) is 1.85. The number of rotatable bonds is 6. The lowest BCUT2D eigenvalue weighted by atomic mass is 9.91. The highest BCUT2D eigenvalue weighted by molar-refractivity contribution is 5.86. The number of pyridine rings is 1. The lowest BCUT2D eigenvalue weighted by Gasteiger charge is -2.14. The Balaban J connectivity index is 2.02. The maximum absolute atomic E-state index is 12.3. The normalized spacial score (nSPS) is 12.1. The Hall–Kier alpha value is -2.00. The van der Waals surface area contributed by atoms with Crippen LogP contribution in [0.3, 0.4) is 0 Å². The maximum Gasteiger partial charge on any atom is 0.142 e. The highest BCUT2D eigenvalue weighted by Crippen LogP contribution is 2.20. The van der Waals surface area contributed by atoms with Gasteiger partial charge in [0.05, 0.1) is 12.5 Å². The number of ketones is 1. The minimum atomic E-state index is -0.420. The summed E-state index contributed by atoms with van der Waals surface area (Å²) in [6.07, 6.45) is 4.57. The summed E-state index contributed by atoms with van der Waals surface area (Å²) in [6, 6.07) is 11.6. The van der Waals surface area contributed by atoms with Crippen LogP contribution in [0.4, 0.5) is 0 Å². The summed E-state index contributed by atoms with van der Waals surface area (Å²) < 4.78 is 0. The van der Waals surface area contributed by atoms with Crippen molar-refractivity contribution in [2.24, 2.45) is 0 Å². The second-order valence-corrected chi connectivity index (χ2v) is 4.97. The van der Waals surface area contributed by atoms with E-state index in [1.807, 2.05) is 43.3 Å². The van der Waals surface area contributed by atoms with Gasteiger partial charge in [0.25, 0.3) is 0 Å². The second-order valence-electron chi connectivity index (χ2n) is 4.97. The molecule has 1 N–H and O–H groups in total. The number of aliphatic hydroxyl groups is 1. The van der Waals surface area contributed by atoms with Crippen LogP contribution in [0.15, 0.2) is 48.8 Å². The third kappa shape index (κ3) is 3.75. The van der Waals surface area contributed by atoms with Crippen LogP contribution in [0.25, 0.3) is 0 Å². The van der Waals surface area contributed by atoms with Crippen molar-refractivity contribution >= 4 is 5.78 Å². The Kier molecular flexibility index (Phi) is 5.02. The van der Waals surface area contributed by atoms with E-state index in [2.05, 4.69) is 4.98 Å². The van der Waals surface area contributed by atoms with Crippen LogP contribution in [0.5, 0.6) is 0 Å². The molecule has 1 aromatic carbocycles. The van der Waals surface area contributed by atoms with E-state index in [1.54, 1.807) is 12.4 Å². The van der Waals surface area contributed by atoms with Crippen molar-refractivity contribution in [2.75, 3.05) is 6.61 Å². The van der Waals surface area contributed by atoms with Gasteiger partial charge in [-0.05, 0) is 36.6 Å². The van der Waals surface area contributed by atoms with Crippen LogP contribution in [-0.4, -0.2) is 22.5 Å². The van der Waals surface area contributed by atoms with Crippen molar-refractivity contribution in [3.63, 3.8) is 0 Å². The molecule has 3 nitrogen and oxygen atoms in total. The first-order chi connectivity index (χ1) is 9.70. The standard InChI is InChI=1S/C17H19NO2/c1-13-3-2-4-15(11-13)16(12-19)17(20)6-5-14-7-9-18-10-8-14/h2-4,7-11,16,19H,5-6,12H2,1H3. The average Bonchev–Trinajstić information content (AvgIpc) is 2.47. The third-order valence-corrected chi connectivity index (χ3v) is 3.43. The molecular formula is C17H19NO2. The number of benzene rings is 1. The van der Waals surface area contributed by atoms with E-state index in [1.165, 1.54) is 0 Å². The molecule has 0 saturated heterocycles. The van der Waals surface area contributed by atoms with Gasteiger partial charge in [0.2, 0.25) is 0 Å². The molecule has 1 heterocycles. The van der Waals surface area contributed by atoms with Crippen molar-refractivity contribution < 1.29 is 9.90 Å². The van der Waals surface area contributed by atoms with Gasteiger partial charge in [0.15, 0.2) is 0 Å². The highest BCUT2D eigenvalue weighted by atomic mass is 16.3. The van der Waals surface area contributed by atoms with E-state index in [0.29, 0.717) is 12.8 Å². The van der Waals surface area contributed by atoms with Gasteiger partial charge < -0.3 is 5.11 Å². The molecule has 1 atom stereocenters. The zero-order chi connectivity index (χ0) is 14.4. The molecule has 3 heteroatoms. The Morgan fingerprint density at radius 2 is 2.00 bits per heavy atom. The van der Waals surface area contributed by atoms with Crippen molar-refractivity contribution in [3.05, 3.63) is 65.5 Å². The van der Waals surface area contributed by atoms with E-state index in [0.717, 1.165) is 16.7 Å². The predicted molar refractivity (Wildman–Crippen MR) is 78.6 cm³/mol. The van der Waals surface area contributed by atoms with Gasteiger partial charge >= 0.3 is 0 Å². The molecule has 0 radical (unpaired) electrons. The number of aryl methyl sites for hydroxylation is 2. The van der Waals surface area contributed by atoms with Crippen LogP contribution in [0, 0.1) is 6.92 Å². The Labute approximate surface area is 119 Å². The molecule has 20 heavy (non-hydrogen) atoms. The summed E-state index contributed by atoms with van der Waals surface area (Å²) in [5.74, 6) is -0.341. The fraction of sp³-hybridized carbons (Fsp3) is 0.294. The van der Waals surface area contributed by atoms with Crippen LogP contribution in [-0.2, 0) is 11.2 Å². The molecule has 0 fully saturated rings. The molecular weight excluding hydrogens is 250 g/mol. The minimum Gasteiger partial charge on any atom is -0.395 e. The molecule has 104 valence electrons. The quantitative estimate of drug-likeness (QED) is 0.877. The summed E-state index contributed by atoms with van der Waals surface area (Å²) in [5.41, 5.74) is 3.09. The van der Waals surface area contributed by atoms with Crippen molar-refractivity contribution in [1.82, 2.24) is 4.98 Å². The van der Waals surface area contributed by atoms with E-state index in [9.17, 15) is 9.90 Å². The Bertz CT molecular complexity index is 566. The first-order valence-corrected chi connectivity index (χ1v) is 6.79. The van der Waals surface area contributed by atoms with Crippen LogP contribution in [0.1, 0.15) is 29.0 Å². The number of nitrogens with zero attached hydrogens (tertiary/aromatic N) is 1. The number of hydrogen-bond donors (Lipinski definition) is 1. The minimum absolute atomic E-state index is 0.0786. The molecule has 2 aromatic rings. The predicted octanol–water partition coefficient (Wildman–Crippen LogP) is 2.67. The third-order valence-electron chi connectivity index (χ3n) is 3.43. The first kappa shape index (κ1) is 14.4. The zero-order valence-corrected chi connectivity index (χ0v) is 11.6. The fourth-order valence-electron chi connectivity index (χ4n) is 2.27. The molecule has 1 aromatic heterocycles. The molecule has 0 saturated carbocycles. The molecule has 2 rings (SSSR count). The summed E-state index contributed by atoms with van der Waals surface area (Å²) >= 11 is 0. The Morgan fingerprint density at radius 1 is 1.25 bits per heavy atom. The summed E-state index contributed by atoms with van der Waals surface area (Å²) in [5, 5.41) is 9.51. The molecule has 0 amide bonds. The van der Waals surface area contributed by atoms with Crippen molar-refractivity contribution in [2.45, 2.75) is 25.7 Å². The number of carbonyl (C=O) groups excluding carboxylic acids is 1. The number of Topliss-reactive ketones (excluding diaryl/α,β-unsaturated/α-hetero) is 1. The molecule has 0 aliphatic rings. The van der Waals surface area contributed by atoms with Gasteiger partial charge in [0.1, 0.15) is 5.78 Å². The maximum atomic E-state index is 12.3. The average molecular weight is 269 g/mol. The van der Waals surface area contributed by atoms with E-state index >= 15 is 0 Å². The molecule has 0 spiro atoms. The van der Waals surface area contributed by atoms with Crippen molar-refractivity contribution in [3.8, 4) is 0 Å². The van der Waals surface area contributed by atoms with Gasteiger partial charge in [0, 0.05) is 18.8 Å². The number of carbonyl (C=O) groups is 1. The van der Waals surface area contributed by atoms with Gasteiger partial charge in [-0.1, -0.05) is 29.8 Å². The molecule has 0 aliphatic carbocycles. The van der Waals surface area contributed by atoms with Gasteiger partial charge in [-0.2, -0.15) is 0 Å². The smallest absolute Gasteiger partial charge is 0.142 e. The first-order valence-electron chi connectivity index (χ1n) is 6.79. The van der Waals surface area contributed by atoms with Crippen molar-refractivity contribution in [1.29, 1.82) is 0 Å². The SMILES string of the molecule is Cc1cccc(C(CO)C(=O)CCc2ccncc2)c1. The summed E-state index contributed by atoms with van der Waals surface area (Å²) in [4.78, 5) is 16.2. The highest BCUT2D eigenvalue weighted by Gasteiger charge is 2.19. The summed E-state index contributed by atoms with van der Waals surface area (Å²) in [7, 11) is 0. The topological polar surface area (TPSA) is 50.2 Å². The van der Waals surface area contributed by atoms with Crippen LogP contribution >= 0.6 is 0 Å². The fourth-order valence-corrected chi connectivity index (χ4v) is 2.27. The van der Waals surface area contributed by atoms with Crippen LogP contribution < -0.4 is 0 Å². The van der Waals surface area contributed by atoms with E-state index in [-0.39, 0.29) is 12.4 Å². The van der Waals surface area contributed by atoms with E-state index < -0.39 is 5.92 Å². The molecule has 0 aliphatic heterocycles. The largest absolute Gasteiger partial charge is 0.395 e. The van der Waals surface area contributed by atoms with Crippen LogP contribution in [0.2, 0.25) is 0 Å². The number of hydrogen-bond acceptors (Lipinski definition) is 3. The molecule has 1 unspecified atom stereocenters. The molecule has 0 bridgehead atoms. The van der Waals surface area contributed by atoms with Gasteiger partial charge in [-0.15, -0.1) is 0 Å². The number of aromatic nitrogens is 1. The monoisotopic (exact) mass is 269 g/mol. The lowest BCUT2D eigenvalue weighted by Crippen LogP contribution is -2.17. The Morgan fingerprint density at radius 3 is 2.65 bits per heavy atom. The zero-order valence-electron chi connectivity index (χ0n) is 11.6. The number of aliphatic hydroxyl groups excluding tert-OH is 1. The lowest BCUT2D eigenvalue weighted by molar-refractivity contribution is -0.121. The van der Waals surface area contributed by atoms with Gasteiger partial charge in [-0.25, -0.2) is 0 Å². The second kappa shape index (κ2) is 6.96.